The second-order valence-corrected chi connectivity index (χ2v) is 17.5. The van der Waals surface area contributed by atoms with E-state index in [-0.39, 0.29) is 12.5 Å². The molecule has 0 heterocycles. The summed E-state index contributed by atoms with van der Waals surface area (Å²) in [6.45, 7) is 4.55. The summed E-state index contributed by atoms with van der Waals surface area (Å²) in [4.78, 5) is 25.3. The van der Waals surface area contributed by atoms with Crippen LogP contribution in [-0.2, 0) is 18.4 Å². The van der Waals surface area contributed by atoms with E-state index in [4.69, 9.17) is 9.05 Å². The Kier molecular flexibility index (Phi) is 36.5. The summed E-state index contributed by atoms with van der Waals surface area (Å²) in [6.07, 6.45) is 48.3. The Balaban J connectivity index is 4.47. The standard InChI is InChI=1S/C46H85N2O6P/c1-6-8-10-12-14-16-18-20-22-23-24-25-26-28-30-32-34-36-38-40-46(50)47-44(43-54-55(51,52)53-42-41-48(3,4)5)45(49)39-37-35-33-31-29-27-21-19-17-15-13-11-9-7-2/h14,16-20,29,31,37,39,44-45,49H,6-13,15,21-28,30,32-36,38,40-43H2,1-5H3,(H-,47,50,51,52)/b16-14-,19-17+,20-18-,31-29+,39-37+. The van der Waals surface area contributed by atoms with Crippen LogP contribution in [0, 0.1) is 0 Å². The Hall–Kier alpha value is -1.80. The number of carbonyl (C=O) groups is 1. The minimum absolute atomic E-state index is 0.0119. The lowest BCUT2D eigenvalue weighted by Gasteiger charge is -2.29. The number of hydrogen-bond acceptors (Lipinski definition) is 6. The number of likely N-dealkylation sites (N-methyl/N-ethyl adjacent to an activating group) is 1. The summed E-state index contributed by atoms with van der Waals surface area (Å²) in [5.74, 6) is -0.219. The second-order valence-electron chi connectivity index (χ2n) is 16.1. The molecule has 8 nitrogen and oxygen atoms in total. The average Bonchev–Trinajstić information content (AvgIpc) is 3.13. The van der Waals surface area contributed by atoms with Gasteiger partial charge in [-0.3, -0.25) is 9.36 Å². The summed E-state index contributed by atoms with van der Waals surface area (Å²) < 4.78 is 23.2. The number of unbranched alkanes of at least 4 members (excludes halogenated alkanes) is 19. The van der Waals surface area contributed by atoms with E-state index in [2.05, 4.69) is 67.8 Å². The summed E-state index contributed by atoms with van der Waals surface area (Å²) in [6, 6.07) is -0.912. The number of carbonyl (C=O) groups excluding carboxylic acids is 1. The summed E-state index contributed by atoms with van der Waals surface area (Å²) in [7, 11) is 1.22. The molecule has 1 amide bonds. The second kappa shape index (κ2) is 37.8. The number of hydrogen-bond donors (Lipinski definition) is 2. The van der Waals surface area contributed by atoms with Gasteiger partial charge < -0.3 is 28.8 Å². The number of aliphatic hydroxyl groups excluding tert-OH is 1. The minimum Gasteiger partial charge on any atom is -0.756 e. The van der Waals surface area contributed by atoms with Crippen molar-refractivity contribution in [2.24, 2.45) is 0 Å². The largest absolute Gasteiger partial charge is 0.756 e. The Morgan fingerprint density at radius 2 is 1.07 bits per heavy atom. The third-order valence-corrected chi connectivity index (χ3v) is 10.4. The number of aliphatic hydroxyl groups is 1. The predicted octanol–water partition coefficient (Wildman–Crippen LogP) is 11.6. The monoisotopic (exact) mass is 793 g/mol. The van der Waals surface area contributed by atoms with Gasteiger partial charge in [0, 0.05) is 6.42 Å². The lowest BCUT2D eigenvalue weighted by Crippen LogP contribution is -2.45. The molecule has 9 heteroatoms. The van der Waals surface area contributed by atoms with Crippen LogP contribution in [0.5, 0.6) is 0 Å². The van der Waals surface area contributed by atoms with E-state index >= 15 is 0 Å². The van der Waals surface area contributed by atoms with E-state index in [9.17, 15) is 19.4 Å². The molecule has 0 saturated carbocycles. The van der Waals surface area contributed by atoms with Gasteiger partial charge in [0.25, 0.3) is 7.82 Å². The van der Waals surface area contributed by atoms with Crippen molar-refractivity contribution in [2.75, 3.05) is 40.9 Å². The molecule has 0 saturated heterocycles. The molecule has 3 unspecified atom stereocenters. The van der Waals surface area contributed by atoms with Crippen molar-refractivity contribution < 1.29 is 32.9 Å². The predicted molar refractivity (Wildman–Crippen MR) is 233 cm³/mol. The quantitative estimate of drug-likeness (QED) is 0.0211. The first kappa shape index (κ1) is 53.2. The van der Waals surface area contributed by atoms with Gasteiger partial charge in [0.05, 0.1) is 39.9 Å². The molecule has 2 N–H and O–H groups in total. The van der Waals surface area contributed by atoms with E-state index in [0.29, 0.717) is 17.4 Å². The molecule has 0 bridgehead atoms. The van der Waals surface area contributed by atoms with Gasteiger partial charge in [-0.2, -0.15) is 0 Å². The third-order valence-electron chi connectivity index (χ3n) is 9.46. The molecule has 320 valence electrons. The van der Waals surface area contributed by atoms with Crippen LogP contribution >= 0.6 is 7.82 Å². The van der Waals surface area contributed by atoms with Crippen LogP contribution in [0.15, 0.2) is 60.8 Å². The van der Waals surface area contributed by atoms with Crippen LogP contribution in [0.4, 0.5) is 0 Å². The van der Waals surface area contributed by atoms with Crippen LogP contribution in [0.3, 0.4) is 0 Å². The van der Waals surface area contributed by atoms with Gasteiger partial charge in [-0.1, -0.05) is 158 Å². The van der Waals surface area contributed by atoms with Gasteiger partial charge in [-0.05, 0) is 70.6 Å². The zero-order valence-electron chi connectivity index (χ0n) is 36.1. The maximum atomic E-state index is 12.8. The van der Waals surface area contributed by atoms with E-state index < -0.39 is 26.6 Å². The molecule has 0 aromatic heterocycles. The Bertz CT molecular complexity index is 1080. The zero-order chi connectivity index (χ0) is 40.7. The van der Waals surface area contributed by atoms with Crippen molar-refractivity contribution in [3.05, 3.63) is 60.8 Å². The normalized spacial score (nSPS) is 15.0. The van der Waals surface area contributed by atoms with Crippen LogP contribution in [-0.4, -0.2) is 68.5 Å². The van der Waals surface area contributed by atoms with Crippen molar-refractivity contribution in [2.45, 2.75) is 187 Å². The number of quaternary nitrogens is 1. The molecule has 0 fully saturated rings. The number of rotatable bonds is 39. The first-order valence-electron chi connectivity index (χ1n) is 22.2. The highest BCUT2D eigenvalue weighted by atomic mass is 31.2. The highest BCUT2D eigenvalue weighted by Crippen LogP contribution is 2.38. The zero-order valence-corrected chi connectivity index (χ0v) is 37.0. The number of nitrogens with one attached hydrogen (secondary N) is 1. The molecule has 0 aliphatic heterocycles. The van der Waals surface area contributed by atoms with Gasteiger partial charge in [-0.25, -0.2) is 0 Å². The summed E-state index contributed by atoms with van der Waals surface area (Å²) in [5.41, 5.74) is 0. The van der Waals surface area contributed by atoms with E-state index in [1.807, 2.05) is 27.2 Å². The number of nitrogens with zero attached hydrogens (tertiary/aromatic N) is 1. The molecule has 0 aromatic carbocycles. The highest BCUT2D eigenvalue weighted by Gasteiger charge is 2.23. The van der Waals surface area contributed by atoms with Gasteiger partial charge in [0.2, 0.25) is 5.91 Å². The van der Waals surface area contributed by atoms with Crippen LogP contribution in [0.25, 0.3) is 0 Å². The molecule has 55 heavy (non-hydrogen) atoms. The van der Waals surface area contributed by atoms with Gasteiger partial charge in [-0.15, -0.1) is 0 Å². The van der Waals surface area contributed by atoms with E-state index in [1.54, 1.807) is 6.08 Å². The number of allylic oxidation sites excluding steroid dienone is 9. The summed E-state index contributed by atoms with van der Waals surface area (Å²) >= 11 is 0. The van der Waals surface area contributed by atoms with Crippen molar-refractivity contribution in [1.82, 2.24) is 5.32 Å². The first-order chi connectivity index (χ1) is 26.5. The number of phosphoric ester groups is 1. The van der Waals surface area contributed by atoms with Gasteiger partial charge in [0.1, 0.15) is 13.2 Å². The number of phosphoric acid groups is 1. The molecule has 0 aliphatic rings. The Morgan fingerprint density at radius 1 is 0.636 bits per heavy atom. The molecule has 0 radical (unpaired) electrons. The summed E-state index contributed by atoms with van der Waals surface area (Å²) in [5, 5.41) is 13.7. The van der Waals surface area contributed by atoms with Crippen molar-refractivity contribution in [3.8, 4) is 0 Å². The lowest BCUT2D eigenvalue weighted by atomic mass is 10.0. The highest BCUT2D eigenvalue weighted by molar-refractivity contribution is 7.45. The van der Waals surface area contributed by atoms with E-state index in [1.165, 1.54) is 96.3 Å². The van der Waals surface area contributed by atoms with Crippen LogP contribution in [0.2, 0.25) is 0 Å². The molecule has 0 aliphatic carbocycles. The van der Waals surface area contributed by atoms with Crippen LogP contribution < -0.4 is 10.2 Å². The molecular weight excluding hydrogens is 707 g/mol. The third kappa shape index (κ3) is 40.2. The lowest BCUT2D eigenvalue weighted by molar-refractivity contribution is -0.870. The molecule has 3 atom stereocenters. The maximum absolute atomic E-state index is 12.8. The van der Waals surface area contributed by atoms with Crippen molar-refractivity contribution in [1.29, 1.82) is 0 Å². The van der Waals surface area contributed by atoms with Crippen LogP contribution in [0.1, 0.15) is 174 Å². The molecule has 0 spiro atoms. The fourth-order valence-electron chi connectivity index (χ4n) is 5.88. The Labute approximate surface area is 339 Å². The number of amides is 1. The fraction of sp³-hybridized carbons (Fsp3) is 0.761. The van der Waals surface area contributed by atoms with Gasteiger partial charge >= 0.3 is 0 Å². The van der Waals surface area contributed by atoms with Crippen molar-refractivity contribution in [3.63, 3.8) is 0 Å². The van der Waals surface area contributed by atoms with Gasteiger partial charge in [0.15, 0.2) is 0 Å². The topological polar surface area (TPSA) is 108 Å². The molecule has 0 aromatic rings. The fourth-order valence-corrected chi connectivity index (χ4v) is 6.60. The minimum atomic E-state index is -4.60. The van der Waals surface area contributed by atoms with Crippen molar-refractivity contribution >= 4 is 13.7 Å². The smallest absolute Gasteiger partial charge is 0.268 e. The average molecular weight is 793 g/mol. The molecular formula is C46H85N2O6P. The maximum Gasteiger partial charge on any atom is 0.268 e. The SMILES string of the molecule is CCCCC/C=C\C=C/CCCCCCCCCCCCC(=O)NC(COP(=O)([O-])OCC[N+](C)(C)C)C(O)/C=C/CC/C=C/CC/C=C/CCCCCC. The first-order valence-corrected chi connectivity index (χ1v) is 23.6. The Morgan fingerprint density at radius 3 is 1.62 bits per heavy atom. The van der Waals surface area contributed by atoms with E-state index in [0.717, 1.165) is 57.8 Å². The molecule has 0 rings (SSSR count).